The van der Waals surface area contributed by atoms with E-state index in [2.05, 4.69) is 22.0 Å². The fourth-order valence-electron chi connectivity index (χ4n) is 3.47. The van der Waals surface area contributed by atoms with Crippen molar-refractivity contribution in [1.82, 2.24) is 19.9 Å². The van der Waals surface area contributed by atoms with Gasteiger partial charge >= 0.3 is 0 Å². The molecule has 8 nitrogen and oxygen atoms in total. The smallest absolute Gasteiger partial charge is 0.260 e. The molecule has 0 radical (unpaired) electrons. The minimum Gasteiger partial charge on any atom is -0.494 e. The number of nitrogens with zero attached hydrogens (tertiary/aromatic N) is 4. The second-order valence-electron chi connectivity index (χ2n) is 7.78. The van der Waals surface area contributed by atoms with Crippen LogP contribution in [0.1, 0.15) is 19.2 Å². The Kier molecular flexibility index (Phi) is 7.80. The Hall–Kier alpha value is -3.10. The standard InChI is InChI=1S/C24H27ClN4O4/c1-2-15-31-20-7-9-21(10-8-20)32-17-23(30)29-13-11-28(12-14-29)16-22-26-24(27-33-22)18-3-5-19(25)6-4-18/h3-10H,2,11-17H2,1H3. The predicted molar refractivity (Wildman–Crippen MR) is 124 cm³/mol. The Bertz CT molecular complexity index is 1030. The first-order chi connectivity index (χ1) is 16.1. The molecular weight excluding hydrogens is 444 g/mol. The number of benzene rings is 2. The fraction of sp³-hybridized carbons (Fsp3) is 0.375. The van der Waals surface area contributed by atoms with E-state index in [1.165, 1.54) is 0 Å². The Balaban J connectivity index is 1.20. The summed E-state index contributed by atoms with van der Waals surface area (Å²) in [7, 11) is 0. The van der Waals surface area contributed by atoms with E-state index in [1.807, 2.05) is 41.3 Å². The van der Waals surface area contributed by atoms with Gasteiger partial charge in [0.25, 0.3) is 5.91 Å². The van der Waals surface area contributed by atoms with Gasteiger partial charge in [0, 0.05) is 36.8 Å². The van der Waals surface area contributed by atoms with E-state index < -0.39 is 0 Å². The molecule has 0 unspecified atom stereocenters. The molecule has 0 saturated carbocycles. The fourth-order valence-corrected chi connectivity index (χ4v) is 3.60. The van der Waals surface area contributed by atoms with Crippen molar-refractivity contribution in [1.29, 1.82) is 0 Å². The molecule has 1 aromatic heterocycles. The molecule has 3 aromatic rings. The SMILES string of the molecule is CCCOc1ccc(OCC(=O)N2CCN(Cc3nc(-c4ccc(Cl)cc4)no3)CC2)cc1. The third kappa shape index (κ3) is 6.46. The summed E-state index contributed by atoms with van der Waals surface area (Å²) in [4.78, 5) is 21.0. The van der Waals surface area contributed by atoms with Crippen molar-refractivity contribution in [2.45, 2.75) is 19.9 Å². The summed E-state index contributed by atoms with van der Waals surface area (Å²) in [6.45, 7) is 6.03. The van der Waals surface area contributed by atoms with Crippen LogP contribution in [0.2, 0.25) is 5.02 Å². The average molecular weight is 471 g/mol. The first-order valence-electron chi connectivity index (χ1n) is 11.0. The van der Waals surface area contributed by atoms with Gasteiger partial charge in [-0.25, -0.2) is 0 Å². The van der Waals surface area contributed by atoms with Gasteiger partial charge in [-0.3, -0.25) is 9.69 Å². The third-order valence-electron chi connectivity index (χ3n) is 5.31. The van der Waals surface area contributed by atoms with Crippen molar-refractivity contribution in [3.63, 3.8) is 0 Å². The van der Waals surface area contributed by atoms with Crippen molar-refractivity contribution >= 4 is 17.5 Å². The number of rotatable bonds is 9. The van der Waals surface area contributed by atoms with Crippen molar-refractivity contribution in [3.8, 4) is 22.9 Å². The van der Waals surface area contributed by atoms with Gasteiger partial charge in [0.1, 0.15) is 11.5 Å². The van der Waals surface area contributed by atoms with Gasteiger partial charge in [-0.2, -0.15) is 4.98 Å². The molecule has 2 aromatic carbocycles. The van der Waals surface area contributed by atoms with Crippen LogP contribution in [0, 0.1) is 0 Å². The second-order valence-corrected chi connectivity index (χ2v) is 8.22. The average Bonchev–Trinajstić information content (AvgIpc) is 3.31. The molecular formula is C24H27ClN4O4. The summed E-state index contributed by atoms with van der Waals surface area (Å²) in [5, 5.41) is 4.72. The molecule has 1 saturated heterocycles. The summed E-state index contributed by atoms with van der Waals surface area (Å²) < 4.78 is 16.6. The van der Waals surface area contributed by atoms with Gasteiger partial charge < -0.3 is 18.9 Å². The van der Waals surface area contributed by atoms with Crippen LogP contribution in [-0.4, -0.2) is 65.2 Å². The Morgan fingerprint density at radius 2 is 1.67 bits per heavy atom. The van der Waals surface area contributed by atoms with Crippen LogP contribution < -0.4 is 9.47 Å². The highest BCUT2D eigenvalue weighted by atomic mass is 35.5. The Labute approximate surface area is 198 Å². The predicted octanol–water partition coefficient (Wildman–Crippen LogP) is 3.90. The zero-order chi connectivity index (χ0) is 23.0. The zero-order valence-corrected chi connectivity index (χ0v) is 19.3. The van der Waals surface area contributed by atoms with Gasteiger partial charge in [0.2, 0.25) is 11.7 Å². The molecule has 0 N–H and O–H groups in total. The number of hydrogen-bond acceptors (Lipinski definition) is 7. The van der Waals surface area contributed by atoms with Gasteiger partial charge in [-0.05, 0) is 55.0 Å². The zero-order valence-electron chi connectivity index (χ0n) is 18.6. The number of carbonyl (C=O) groups is 1. The summed E-state index contributed by atoms with van der Waals surface area (Å²) in [6.07, 6.45) is 0.958. The summed E-state index contributed by atoms with van der Waals surface area (Å²) in [6, 6.07) is 14.6. The number of piperazine rings is 1. The van der Waals surface area contributed by atoms with Gasteiger partial charge in [0.05, 0.1) is 13.2 Å². The van der Waals surface area contributed by atoms with Crippen molar-refractivity contribution < 1.29 is 18.8 Å². The lowest BCUT2D eigenvalue weighted by Gasteiger charge is -2.33. The number of carbonyl (C=O) groups excluding carboxylic acids is 1. The van der Waals surface area contributed by atoms with E-state index in [0.29, 0.717) is 48.7 Å². The van der Waals surface area contributed by atoms with Crippen LogP contribution in [0.25, 0.3) is 11.4 Å². The maximum atomic E-state index is 12.5. The van der Waals surface area contributed by atoms with Crippen LogP contribution in [0.4, 0.5) is 0 Å². The van der Waals surface area contributed by atoms with E-state index in [1.54, 1.807) is 12.1 Å². The second kappa shape index (κ2) is 11.2. The first-order valence-corrected chi connectivity index (χ1v) is 11.4. The Morgan fingerprint density at radius 3 is 2.33 bits per heavy atom. The maximum absolute atomic E-state index is 12.5. The van der Waals surface area contributed by atoms with Crippen molar-refractivity contribution in [2.24, 2.45) is 0 Å². The van der Waals surface area contributed by atoms with Crippen LogP contribution in [0.5, 0.6) is 11.5 Å². The monoisotopic (exact) mass is 470 g/mol. The van der Waals surface area contributed by atoms with Crippen LogP contribution in [-0.2, 0) is 11.3 Å². The van der Waals surface area contributed by atoms with E-state index in [-0.39, 0.29) is 12.5 Å². The molecule has 0 bridgehead atoms. The van der Waals surface area contributed by atoms with Crippen molar-refractivity contribution in [3.05, 3.63) is 59.4 Å². The van der Waals surface area contributed by atoms with Gasteiger partial charge in [-0.1, -0.05) is 23.7 Å². The van der Waals surface area contributed by atoms with E-state index in [9.17, 15) is 4.79 Å². The minimum atomic E-state index is -0.0243. The lowest BCUT2D eigenvalue weighted by molar-refractivity contribution is -0.135. The molecule has 0 atom stereocenters. The Morgan fingerprint density at radius 1 is 1.00 bits per heavy atom. The molecule has 9 heteroatoms. The molecule has 0 spiro atoms. The molecule has 0 aliphatic carbocycles. The van der Waals surface area contributed by atoms with Gasteiger partial charge in [0.15, 0.2) is 6.61 Å². The van der Waals surface area contributed by atoms with E-state index in [4.69, 9.17) is 25.6 Å². The molecule has 174 valence electrons. The summed E-state index contributed by atoms with van der Waals surface area (Å²) in [5.74, 6) is 2.52. The topological polar surface area (TPSA) is 80.9 Å². The molecule has 33 heavy (non-hydrogen) atoms. The molecule has 1 aliphatic heterocycles. The lowest BCUT2D eigenvalue weighted by Crippen LogP contribution is -2.49. The summed E-state index contributed by atoms with van der Waals surface area (Å²) in [5.41, 5.74) is 0.855. The highest BCUT2D eigenvalue weighted by Crippen LogP contribution is 2.20. The number of aromatic nitrogens is 2. The van der Waals surface area contributed by atoms with Crippen LogP contribution in [0.15, 0.2) is 53.1 Å². The van der Waals surface area contributed by atoms with Crippen LogP contribution in [0.3, 0.4) is 0 Å². The van der Waals surface area contributed by atoms with Crippen molar-refractivity contribution in [2.75, 3.05) is 39.4 Å². The highest BCUT2D eigenvalue weighted by Gasteiger charge is 2.23. The number of amides is 1. The molecule has 4 rings (SSSR count). The first kappa shape index (κ1) is 23.1. The molecule has 1 fully saturated rings. The van der Waals surface area contributed by atoms with Gasteiger partial charge in [-0.15, -0.1) is 0 Å². The minimum absolute atomic E-state index is 0.0171. The maximum Gasteiger partial charge on any atom is 0.260 e. The summed E-state index contributed by atoms with van der Waals surface area (Å²) >= 11 is 5.93. The third-order valence-corrected chi connectivity index (χ3v) is 5.57. The number of ether oxygens (including phenoxy) is 2. The molecule has 2 heterocycles. The highest BCUT2D eigenvalue weighted by molar-refractivity contribution is 6.30. The molecule has 1 aliphatic rings. The van der Waals surface area contributed by atoms with Crippen LogP contribution >= 0.6 is 11.6 Å². The number of hydrogen-bond donors (Lipinski definition) is 0. The normalized spacial score (nSPS) is 14.3. The van der Waals surface area contributed by atoms with E-state index in [0.717, 1.165) is 30.8 Å². The number of halogens is 1. The molecule has 1 amide bonds. The largest absolute Gasteiger partial charge is 0.494 e. The van der Waals surface area contributed by atoms with E-state index >= 15 is 0 Å². The lowest BCUT2D eigenvalue weighted by atomic mass is 10.2. The quantitative estimate of drug-likeness (QED) is 0.469.